The largest absolute Gasteiger partial charge is 0.486 e. The molecule has 0 unspecified atom stereocenters. The van der Waals surface area contributed by atoms with Crippen molar-refractivity contribution in [3.63, 3.8) is 0 Å². The Hall–Kier alpha value is -2.80. The summed E-state index contributed by atoms with van der Waals surface area (Å²) in [7, 11) is 0. The Balaban J connectivity index is 1.43. The third-order valence-electron chi connectivity index (χ3n) is 4.63. The van der Waals surface area contributed by atoms with Gasteiger partial charge in [-0.3, -0.25) is 10.1 Å². The summed E-state index contributed by atoms with van der Waals surface area (Å²) in [6.07, 6.45) is 2.39. The lowest BCUT2D eigenvalue weighted by molar-refractivity contribution is 0.0976. The molecule has 0 atom stereocenters. The molecule has 0 bridgehead atoms. The second-order valence-corrected chi connectivity index (χ2v) is 6.89. The zero-order valence-corrected chi connectivity index (χ0v) is 15.7. The van der Waals surface area contributed by atoms with Gasteiger partial charge in [-0.1, -0.05) is 12.1 Å². The number of rotatable bonds is 3. The Morgan fingerprint density at radius 1 is 1.00 bits per heavy atom. The van der Waals surface area contributed by atoms with Crippen molar-refractivity contribution in [3.8, 4) is 11.5 Å². The molecule has 0 spiro atoms. The highest BCUT2D eigenvalue weighted by Crippen LogP contribution is 2.31. The molecule has 6 nitrogen and oxygen atoms in total. The maximum atomic E-state index is 12.5. The Morgan fingerprint density at radius 3 is 2.56 bits per heavy atom. The van der Waals surface area contributed by atoms with Crippen LogP contribution in [0, 0.1) is 0 Å². The number of para-hydroxylation sites is 2. The number of amides is 1. The topological polar surface area (TPSA) is 62.8 Å². The normalized spacial score (nSPS) is 15.3. The van der Waals surface area contributed by atoms with E-state index < -0.39 is 0 Å². The van der Waals surface area contributed by atoms with Gasteiger partial charge >= 0.3 is 0 Å². The van der Waals surface area contributed by atoms with Gasteiger partial charge in [-0.05, 0) is 55.4 Å². The molecule has 2 aromatic carbocycles. The van der Waals surface area contributed by atoms with Crippen LogP contribution in [0.15, 0.2) is 42.5 Å². The van der Waals surface area contributed by atoms with Crippen molar-refractivity contribution >= 4 is 34.6 Å². The van der Waals surface area contributed by atoms with E-state index in [9.17, 15) is 4.79 Å². The van der Waals surface area contributed by atoms with Crippen LogP contribution in [-0.2, 0) is 0 Å². The number of carbonyl (C=O) groups is 1. The molecule has 1 amide bonds. The third kappa shape index (κ3) is 3.98. The summed E-state index contributed by atoms with van der Waals surface area (Å²) in [4.78, 5) is 14.9. The fraction of sp³-hybridized carbons (Fsp3) is 0.300. The number of benzene rings is 2. The third-order valence-corrected chi connectivity index (χ3v) is 4.83. The Kier molecular flexibility index (Phi) is 5.11. The first-order valence-electron chi connectivity index (χ1n) is 9.07. The van der Waals surface area contributed by atoms with E-state index in [4.69, 9.17) is 21.7 Å². The molecule has 0 aliphatic carbocycles. The second kappa shape index (κ2) is 7.84. The van der Waals surface area contributed by atoms with E-state index in [1.165, 1.54) is 12.8 Å². The number of thiocarbonyl (C=S) groups is 1. The van der Waals surface area contributed by atoms with Crippen LogP contribution in [-0.4, -0.2) is 37.3 Å². The lowest BCUT2D eigenvalue weighted by atomic mass is 10.2. The van der Waals surface area contributed by atoms with Crippen LogP contribution in [0.4, 0.5) is 11.4 Å². The SMILES string of the molecule is O=C(NC(=S)Nc1ccccc1N1CCCC1)c1ccc2c(c1)OCCO2. The first-order chi connectivity index (χ1) is 13.2. The fourth-order valence-corrected chi connectivity index (χ4v) is 3.53. The molecule has 2 aliphatic rings. The molecule has 1 fully saturated rings. The molecule has 2 heterocycles. The van der Waals surface area contributed by atoms with E-state index in [1.807, 2.05) is 18.2 Å². The van der Waals surface area contributed by atoms with Crippen molar-refractivity contribution < 1.29 is 14.3 Å². The zero-order chi connectivity index (χ0) is 18.6. The van der Waals surface area contributed by atoms with E-state index in [0.29, 0.717) is 30.3 Å². The Labute approximate surface area is 163 Å². The van der Waals surface area contributed by atoms with Gasteiger partial charge in [-0.15, -0.1) is 0 Å². The molecule has 0 saturated carbocycles. The molecule has 1 saturated heterocycles. The van der Waals surface area contributed by atoms with Crippen LogP contribution in [0.1, 0.15) is 23.2 Å². The predicted molar refractivity (Wildman–Crippen MR) is 109 cm³/mol. The van der Waals surface area contributed by atoms with Crippen molar-refractivity contribution in [2.24, 2.45) is 0 Å². The van der Waals surface area contributed by atoms with Crippen molar-refractivity contribution in [1.82, 2.24) is 5.32 Å². The van der Waals surface area contributed by atoms with E-state index in [2.05, 4.69) is 21.6 Å². The van der Waals surface area contributed by atoms with Gasteiger partial charge in [-0.25, -0.2) is 0 Å². The number of anilines is 2. The van der Waals surface area contributed by atoms with E-state index in [-0.39, 0.29) is 11.0 Å². The molecule has 27 heavy (non-hydrogen) atoms. The fourth-order valence-electron chi connectivity index (χ4n) is 3.33. The van der Waals surface area contributed by atoms with Crippen molar-refractivity contribution in [3.05, 3.63) is 48.0 Å². The van der Waals surface area contributed by atoms with Crippen molar-refractivity contribution in [2.45, 2.75) is 12.8 Å². The molecule has 2 aromatic rings. The van der Waals surface area contributed by atoms with Crippen LogP contribution in [0.25, 0.3) is 0 Å². The highest BCUT2D eigenvalue weighted by molar-refractivity contribution is 7.80. The molecule has 2 N–H and O–H groups in total. The molecular formula is C20H21N3O3S. The lowest BCUT2D eigenvalue weighted by Gasteiger charge is -2.22. The molecule has 0 radical (unpaired) electrons. The van der Waals surface area contributed by atoms with Crippen LogP contribution >= 0.6 is 12.2 Å². The second-order valence-electron chi connectivity index (χ2n) is 6.48. The van der Waals surface area contributed by atoms with E-state index in [0.717, 1.165) is 24.5 Å². The predicted octanol–water partition coefficient (Wildman–Crippen LogP) is 3.18. The van der Waals surface area contributed by atoms with Gasteiger partial charge in [0.2, 0.25) is 0 Å². The van der Waals surface area contributed by atoms with Crippen LogP contribution in [0.3, 0.4) is 0 Å². The lowest BCUT2D eigenvalue weighted by Crippen LogP contribution is -2.34. The van der Waals surface area contributed by atoms with Crippen LogP contribution in [0.2, 0.25) is 0 Å². The molecule has 4 rings (SSSR count). The minimum Gasteiger partial charge on any atom is -0.486 e. The van der Waals surface area contributed by atoms with E-state index >= 15 is 0 Å². The number of fused-ring (bicyclic) bond motifs is 1. The number of hydrogen-bond donors (Lipinski definition) is 2. The molecule has 7 heteroatoms. The first kappa shape index (κ1) is 17.6. The van der Waals surface area contributed by atoms with Crippen molar-refractivity contribution in [1.29, 1.82) is 0 Å². The number of nitrogens with zero attached hydrogens (tertiary/aromatic N) is 1. The van der Waals surface area contributed by atoms with Gasteiger partial charge in [0.05, 0.1) is 11.4 Å². The van der Waals surface area contributed by atoms with Gasteiger partial charge in [0.25, 0.3) is 5.91 Å². The zero-order valence-electron chi connectivity index (χ0n) is 14.9. The summed E-state index contributed by atoms with van der Waals surface area (Å²) in [5, 5.41) is 6.15. The van der Waals surface area contributed by atoms with Gasteiger partial charge in [-0.2, -0.15) is 0 Å². The number of hydrogen-bond acceptors (Lipinski definition) is 5. The summed E-state index contributed by atoms with van der Waals surface area (Å²) in [6.45, 7) is 3.07. The standard InChI is InChI=1S/C20H21N3O3S/c24-19(14-7-8-17-18(13-14)26-12-11-25-17)22-20(27)21-15-5-1-2-6-16(15)23-9-3-4-10-23/h1-2,5-8,13H,3-4,9-12H2,(H2,21,22,24,27). The van der Waals surface area contributed by atoms with Crippen LogP contribution in [0.5, 0.6) is 11.5 Å². The maximum absolute atomic E-state index is 12.5. The van der Waals surface area contributed by atoms with E-state index in [1.54, 1.807) is 18.2 Å². The quantitative estimate of drug-likeness (QED) is 0.794. The molecule has 2 aliphatic heterocycles. The van der Waals surface area contributed by atoms with Gasteiger partial charge in [0.1, 0.15) is 13.2 Å². The molecular weight excluding hydrogens is 362 g/mol. The minimum absolute atomic E-state index is 0.265. The summed E-state index contributed by atoms with van der Waals surface area (Å²) in [5.74, 6) is 0.938. The Bertz CT molecular complexity index is 865. The van der Waals surface area contributed by atoms with Gasteiger partial charge in [0, 0.05) is 18.7 Å². The monoisotopic (exact) mass is 383 g/mol. The average Bonchev–Trinajstić information content (AvgIpc) is 3.22. The number of nitrogens with one attached hydrogen (secondary N) is 2. The molecule has 140 valence electrons. The van der Waals surface area contributed by atoms with Crippen LogP contribution < -0.4 is 25.0 Å². The van der Waals surface area contributed by atoms with Gasteiger partial charge in [0.15, 0.2) is 16.6 Å². The summed E-state index contributed by atoms with van der Waals surface area (Å²) in [5.41, 5.74) is 2.47. The first-order valence-corrected chi connectivity index (χ1v) is 9.47. The van der Waals surface area contributed by atoms with Crippen molar-refractivity contribution in [2.75, 3.05) is 36.5 Å². The number of carbonyl (C=O) groups excluding carboxylic acids is 1. The average molecular weight is 383 g/mol. The maximum Gasteiger partial charge on any atom is 0.257 e. The minimum atomic E-state index is -0.289. The summed E-state index contributed by atoms with van der Waals surface area (Å²) < 4.78 is 11.0. The Morgan fingerprint density at radius 2 is 1.74 bits per heavy atom. The smallest absolute Gasteiger partial charge is 0.257 e. The highest BCUT2D eigenvalue weighted by atomic mass is 32.1. The summed E-state index contributed by atoms with van der Waals surface area (Å²) in [6, 6.07) is 13.1. The summed E-state index contributed by atoms with van der Waals surface area (Å²) >= 11 is 5.35. The highest BCUT2D eigenvalue weighted by Gasteiger charge is 2.18. The van der Waals surface area contributed by atoms with Gasteiger partial charge < -0.3 is 19.7 Å². The molecule has 0 aromatic heterocycles. The number of ether oxygens (including phenoxy) is 2.